The van der Waals surface area contributed by atoms with E-state index in [1.807, 2.05) is 224 Å². The van der Waals surface area contributed by atoms with E-state index in [1.165, 1.54) is 72.4 Å². The van der Waals surface area contributed by atoms with Crippen molar-refractivity contribution in [1.29, 1.82) is 0 Å². The normalized spacial score (nSPS) is 11.8. The lowest BCUT2D eigenvalue weighted by Crippen LogP contribution is -2.06. The highest BCUT2D eigenvalue weighted by Gasteiger charge is 2.23. The molecule has 28 nitrogen and oxygen atoms in total. The Bertz CT molecular complexity index is 5840. The number of thioether (sulfide) groups is 7. The van der Waals surface area contributed by atoms with Crippen molar-refractivity contribution in [3.8, 4) is 0 Å². The van der Waals surface area contributed by atoms with Crippen molar-refractivity contribution in [2.45, 2.75) is 272 Å². The maximum absolute atomic E-state index is 6.15. The van der Waals surface area contributed by atoms with Gasteiger partial charge in [0.15, 0.2) is 56.7 Å². The van der Waals surface area contributed by atoms with Gasteiger partial charge in [0.25, 0.3) is 0 Å². The number of rotatable bonds is 26. The van der Waals surface area contributed by atoms with Gasteiger partial charge >= 0.3 is 0 Å². The van der Waals surface area contributed by atoms with Crippen molar-refractivity contribution in [3.05, 3.63) is 242 Å². The predicted molar refractivity (Wildman–Crippen MR) is 530 cm³/mol. The summed E-state index contributed by atoms with van der Waals surface area (Å²) in [4.78, 5) is 90.8. The highest BCUT2D eigenvalue weighted by Crippen LogP contribution is 2.36. The molecule has 0 aromatic carbocycles. The molecule has 1 fully saturated rings. The molecule has 0 N–H and O–H groups in total. The SMILES string of the molecule is CCn1c(Cl)nc(Cl)c1CSc1nc(C)cc(C)n1.CCn1cnc(Cl)c1CSc1nc(C)cc(C)n1.Cc1cc(C)nc(SCc2c(Cl)nc(Cl)n2C(C)C)n1.Cc1cc(C)nc(SCc2c(Cl)nc(Cl)n2C)n1.Cc1cc(C)nc(SCc2cn(C)cn2)n1.Cc1cc(C)nc(SCc2cncn2C(C)C)n1.Cc1cc(C)nc(SCc2cncn2C2CCCC2)n1. The largest absolute Gasteiger partial charge is 0.340 e. The second kappa shape index (κ2) is 51.7. The molecule has 15 rings (SSSR count). The molecule has 129 heavy (non-hydrogen) atoms. The van der Waals surface area contributed by atoms with Crippen molar-refractivity contribution in [2.75, 3.05) is 0 Å². The quantitative estimate of drug-likeness (QED) is 0.0359. The van der Waals surface area contributed by atoms with Gasteiger partial charge in [-0.15, -0.1) is 0 Å². The molecule has 0 unspecified atom stereocenters. The summed E-state index contributed by atoms with van der Waals surface area (Å²) in [6.07, 6.45) is 18.6. The fourth-order valence-corrected chi connectivity index (χ4v) is 21.9. The second-order valence-electron chi connectivity index (χ2n) is 30.6. The summed E-state index contributed by atoms with van der Waals surface area (Å²) in [6, 6.07) is 15.1. The first-order valence-electron chi connectivity index (χ1n) is 41.4. The van der Waals surface area contributed by atoms with Crippen LogP contribution >= 0.6 is 164 Å². The van der Waals surface area contributed by atoms with Gasteiger partial charge in [0.1, 0.15) is 0 Å². The van der Waals surface area contributed by atoms with Crippen LogP contribution in [0, 0.1) is 96.9 Å². The van der Waals surface area contributed by atoms with E-state index >= 15 is 0 Å². The van der Waals surface area contributed by atoms with Gasteiger partial charge in [-0.3, -0.25) is 0 Å². The summed E-state index contributed by atoms with van der Waals surface area (Å²) in [5.41, 5.74) is 21.1. The Balaban J connectivity index is 0.000000170. The van der Waals surface area contributed by atoms with Gasteiger partial charge in [0, 0.05) is 195 Å². The summed E-state index contributed by atoms with van der Waals surface area (Å²) < 4.78 is 14.1. The van der Waals surface area contributed by atoms with Crippen LogP contribution in [0.1, 0.15) is 205 Å². The predicted octanol–water partition coefficient (Wildman–Crippen LogP) is 24.0. The summed E-state index contributed by atoms with van der Waals surface area (Å²) >= 11 is 53.5. The van der Waals surface area contributed by atoms with Gasteiger partial charge in [-0.1, -0.05) is 142 Å². The number of aromatic nitrogens is 28. The van der Waals surface area contributed by atoms with E-state index in [4.69, 9.17) is 81.2 Å². The van der Waals surface area contributed by atoms with Crippen molar-refractivity contribution in [3.63, 3.8) is 0 Å². The monoisotopic (exact) mass is 2010 g/mol. The Morgan fingerprint density at radius 2 is 0.682 bits per heavy atom. The van der Waals surface area contributed by atoms with Crippen LogP contribution in [0.4, 0.5) is 0 Å². The van der Waals surface area contributed by atoms with Crippen LogP contribution in [0.3, 0.4) is 0 Å². The van der Waals surface area contributed by atoms with Gasteiger partial charge in [-0.05, 0) is 229 Å². The molecule has 1 aliphatic rings. The number of hydrogen-bond donors (Lipinski definition) is 0. The van der Waals surface area contributed by atoms with Crippen LogP contribution in [0.15, 0.2) is 122 Å². The van der Waals surface area contributed by atoms with Crippen LogP contribution in [0.25, 0.3) is 0 Å². The minimum atomic E-state index is 0.207. The highest BCUT2D eigenvalue weighted by molar-refractivity contribution is 7.99. The second-order valence-corrected chi connectivity index (χ2v) is 39.6. The fraction of sp³-hybridized carbons (Fsp3) is 0.437. The van der Waals surface area contributed by atoms with E-state index < -0.39 is 0 Å². The van der Waals surface area contributed by atoms with E-state index in [0.717, 1.165) is 180 Å². The molecule has 1 saturated carbocycles. The molecule has 688 valence electrons. The zero-order chi connectivity index (χ0) is 93.9. The van der Waals surface area contributed by atoms with Crippen LogP contribution in [0.2, 0.25) is 36.5 Å². The lowest BCUT2D eigenvalue weighted by Gasteiger charge is -2.14. The van der Waals surface area contributed by atoms with Gasteiger partial charge in [0.05, 0.1) is 53.8 Å². The third kappa shape index (κ3) is 33.6. The highest BCUT2D eigenvalue weighted by atomic mass is 35.5. The summed E-state index contributed by atoms with van der Waals surface area (Å²) in [7, 11) is 3.80. The molecule has 0 atom stereocenters. The van der Waals surface area contributed by atoms with E-state index in [2.05, 4.69) is 135 Å². The van der Waals surface area contributed by atoms with Crippen LogP contribution in [-0.2, 0) is 67.5 Å². The number of nitrogens with zero attached hydrogens (tertiary/aromatic N) is 28. The maximum atomic E-state index is 6.15. The summed E-state index contributed by atoms with van der Waals surface area (Å²) in [5.74, 6) is 5.20. The first-order chi connectivity index (χ1) is 61.4. The average Bonchev–Trinajstić information content (AvgIpc) is 1.69. The zero-order valence-corrected chi connectivity index (χ0v) is 87.5. The minimum Gasteiger partial charge on any atom is -0.340 e. The molecular formula is C87H109Cl7N28S7. The van der Waals surface area contributed by atoms with Gasteiger partial charge < -0.3 is 32.0 Å². The molecule has 0 bridgehead atoms. The van der Waals surface area contributed by atoms with E-state index in [-0.39, 0.29) is 6.04 Å². The third-order valence-corrected chi connectivity index (χ3v) is 26.9. The molecule has 0 aliphatic heterocycles. The van der Waals surface area contributed by atoms with Gasteiger partial charge in [-0.25, -0.2) is 105 Å². The standard InChI is InChI=1S/C15H20N4S.C13H16Cl2N4S.C13H18N4S.C12H14Cl2N4S.C12H15ClN4S.C11H12Cl2N4S.C11H14N4S/c1-11-7-12(2)18-15(17-11)20-9-14-8-16-10-19(14)13-5-3-4-6-13;1-7(2)19-10(11(14)18-12(19)15)6-20-13-16-8(3)5-9(4)17-13;1-9(2)17-8-14-6-12(17)7-18-13-15-10(3)5-11(4)16-13;1-4-18-9(10(13)17-11(18)14)6-19-12-15-7(2)5-8(3)16-12;1-4-17-7-14-11(13)10(17)6-18-12-15-8(2)5-9(3)16-12;1-6-4-7(2)15-11(14-6)18-5-8-9(12)16-10(13)17(8)3;1-8-4-9(2)14-11(13-8)16-6-10-5-15(3)7-12-10/h7-8,10,13H,3-6,9H2,1-2H3;5,7H,6H2,1-4H3;5-6,8-9H,7H2,1-4H3;5H,4,6H2,1-3H3;5,7H,4,6H2,1-3H3;4H,5H2,1-3H3;4-5,7H,6H2,1-3H3. The van der Waals surface area contributed by atoms with Crippen molar-refractivity contribution in [1.82, 2.24) is 137 Å². The molecule has 14 heterocycles. The molecule has 0 radical (unpaired) electrons. The number of hydrogen-bond acceptors (Lipinski definition) is 28. The van der Waals surface area contributed by atoms with Gasteiger partial charge in [0.2, 0.25) is 15.9 Å². The molecule has 0 amide bonds. The summed E-state index contributed by atoms with van der Waals surface area (Å²) in [6.45, 7) is 41.8. The first kappa shape index (κ1) is 105. The summed E-state index contributed by atoms with van der Waals surface area (Å²) in [5, 5.41) is 8.64. The number of imidazole rings is 7. The fourth-order valence-electron chi connectivity index (χ4n) is 13.0. The molecule has 14 aromatic heterocycles. The van der Waals surface area contributed by atoms with Gasteiger partial charge in [-0.2, -0.15) is 0 Å². The Morgan fingerprint density at radius 3 is 1.05 bits per heavy atom. The Labute approximate surface area is 821 Å². The Morgan fingerprint density at radius 1 is 0.341 bits per heavy atom. The van der Waals surface area contributed by atoms with Crippen molar-refractivity contribution in [2.24, 2.45) is 14.1 Å². The molecule has 14 aromatic rings. The minimum absolute atomic E-state index is 0.207. The van der Waals surface area contributed by atoms with Crippen LogP contribution < -0.4 is 0 Å². The maximum Gasteiger partial charge on any atom is 0.204 e. The Kier molecular flexibility index (Phi) is 42.1. The average molecular weight is 2020 g/mol. The first-order valence-corrected chi connectivity index (χ1v) is 50.9. The zero-order valence-electron chi connectivity index (χ0n) is 76.5. The molecule has 0 saturated heterocycles. The number of halogens is 7. The Hall–Kier alpha value is -7.49. The molecule has 42 heteroatoms. The van der Waals surface area contributed by atoms with E-state index in [9.17, 15) is 0 Å². The molecule has 0 spiro atoms. The smallest absolute Gasteiger partial charge is 0.204 e. The van der Waals surface area contributed by atoms with E-state index in [1.54, 1.807) is 64.3 Å². The molecular weight excluding hydrogens is 1910 g/mol. The van der Waals surface area contributed by atoms with Crippen molar-refractivity contribution >= 4 is 164 Å². The topological polar surface area (TPSA) is 305 Å². The van der Waals surface area contributed by atoms with Crippen LogP contribution in [-0.4, -0.2) is 137 Å². The van der Waals surface area contributed by atoms with E-state index in [0.29, 0.717) is 65.8 Å². The number of aryl methyl sites for hydroxylation is 16. The van der Waals surface area contributed by atoms with Crippen molar-refractivity contribution < 1.29 is 0 Å². The third-order valence-electron chi connectivity index (χ3n) is 18.7. The molecule has 1 aliphatic carbocycles. The van der Waals surface area contributed by atoms with Crippen LogP contribution in [0.5, 0.6) is 0 Å². The lowest BCUT2D eigenvalue weighted by atomic mass is 10.2. The lowest BCUT2D eigenvalue weighted by molar-refractivity contribution is 0.507.